The molecule has 0 spiro atoms. The van der Waals surface area contributed by atoms with Crippen LogP contribution in [0.15, 0.2) is 59.5 Å². The number of amides is 1. The summed E-state index contributed by atoms with van der Waals surface area (Å²) in [5, 5.41) is 4.68. The molecule has 0 aliphatic rings. The molecule has 19 heavy (non-hydrogen) atoms. The number of nitrogens with zero attached hydrogens (tertiary/aromatic N) is 1. The van der Waals surface area contributed by atoms with Gasteiger partial charge in [-0.25, -0.2) is 0 Å². The van der Waals surface area contributed by atoms with Gasteiger partial charge in [0.05, 0.1) is 12.8 Å². The van der Waals surface area contributed by atoms with E-state index in [0.717, 1.165) is 16.5 Å². The lowest BCUT2D eigenvalue weighted by Gasteiger charge is -2.06. The zero-order chi connectivity index (χ0) is 13.1. The number of hydrogen-bond acceptors (Lipinski definition) is 3. The number of nitrogens with one attached hydrogen (secondary N) is 1. The summed E-state index contributed by atoms with van der Waals surface area (Å²) < 4.78 is 5.18. The van der Waals surface area contributed by atoms with Gasteiger partial charge >= 0.3 is 0 Å². The van der Waals surface area contributed by atoms with Gasteiger partial charge in [-0.05, 0) is 29.7 Å². The van der Waals surface area contributed by atoms with Gasteiger partial charge < -0.3 is 9.73 Å². The summed E-state index contributed by atoms with van der Waals surface area (Å²) in [7, 11) is 0. The van der Waals surface area contributed by atoms with Crippen LogP contribution < -0.4 is 5.32 Å². The molecule has 0 unspecified atom stereocenters. The maximum Gasteiger partial charge on any atom is 0.252 e. The SMILES string of the molecule is O=C(NCc1ccco1)c1cccc2ccncc12. The van der Waals surface area contributed by atoms with Crippen molar-refractivity contribution in [2.45, 2.75) is 6.54 Å². The Labute approximate surface area is 110 Å². The van der Waals surface area contributed by atoms with Crippen LogP contribution in [0.25, 0.3) is 10.8 Å². The molecular weight excluding hydrogens is 240 g/mol. The van der Waals surface area contributed by atoms with Crippen molar-refractivity contribution in [1.29, 1.82) is 0 Å². The first-order valence-electron chi connectivity index (χ1n) is 5.98. The third-order valence-corrected chi connectivity index (χ3v) is 2.93. The molecule has 0 atom stereocenters. The summed E-state index contributed by atoms with van der Waals surface area (Å²) in [5.74, 6) is 0.599. The fourth-order valence-electron chi connectivity index (χ4n) is 1.99. The lowest BCUT2D eigenvalue weighted by Crippen LogP contribution is -2.22. The highest BCUT2D eigenvalue weighted by Gasteiger charge is 2.09. The number of rotatable bonds is 3. The Bertz CT molecular complexity index is 700. The molecule has 0 radical (unpaired) electrons. The van der Waals surface area contributed by atoms with E-state index >= 15 is 0 Å². The molecule has 1 amide bonds. The van der Waals surface area contributed by atoms with Gasteiger partial charge in [0.25, 0.3) is 5.91 Å². The van der Waals surface area contributed by atoms with Crippen LogP contribution >= 0.6 is 0 Å². The average molecular weight is 252 g/mol. The standard InChI is InChI=1S/C15H12N2O2/c18-15(17-9-12-4-2-8-19-12)13-5-1-3-11-6-7-16-10-14(11)13/h1-8,10H,9H2,(H,17,18). The zero-order valence-electron chi connectivity index (χ0n) is 10.2. The highest BCUT2D eigenvalue weighted by atomic mass is 16.3. The van der Waals surface area contributed by atoms with Gasteiger partial charge in [-0.3, -0.25) is 9.78 Å². The Morgan fingerprint density at radius 2 is 2.16 bits per heavy atom. The highest BCUT2D eigenvalue weighted by molar-refractivity contribution is 6.06. The van der Waals surface area contributed by atoms with E-state index in [2.05, 4.69) is 10.3 Å². The molecule has 1 aromatic carbocycles. The van der Waals surface area contributed by atoms with Crippen molar-refractivity contribution >= 4 is 16.7 Å². The first-order valence-corrected chi connectivity index (χ1v) is 5.98. The molecule has 2 aromatic heterocycles. The minimum atomic E-state index is -0.130. The minimum Gasteiger partial charge on any atom is -0.467 e. The third-order valence-electron chi connectivity index (χ3n) is 2.93. The molecule has 3 aromatic rings. The normalized spacial score (nSPS) is 10.5. The van der Waals surface area contributed by atoms with Crippen molar-refractivity contribution in [3.8, 4) is 0 Å². The average Bonchev–Trinajstić information content (AvgIpc) is 2.97. The second-order valence-corrected chi connectivity index (χ2v) is 4.16. The molecule has 0 saturated carbocycles. The third kappa shape index (κ3) is 2.33. The first kappa shape index (κ1) is 11.5. The van der Waals surface area contributed by atoms with Crippen LogP contribution in [0.5, 0.6) is 0 Å². The summed E-state index contributed by atoms with van der Waals surface area (Å²) in [5.41, 5.74) is 0.622. The zero-order valence-corrected chi connectivity index (χ0v) is 10.2. The predicted octanol–water partition coefficient (Wildman–Crippen LogP) is 2.76. The van der Waals surface area contributed by atoms with Gasteiger partial charge in [0.15, 0.2) is 0 Å². The van der Waals surface area contributed by atoms with E-state index in [9.17, 15) is 4.79 Å². The van der Waals surface area contributed by atoms with E-state index in [1.807, 2.05) is 24.3 Å². The molecular formula is C15H12N2O2. The van der Waals surface area contributed by atoms with E-state index in [1.54, 1.807) is 30.8 Å². The number of pyridine rings is 1. The molecule has 0 aliphatic heterocycles. The van der Waals surface area contributed by atoms with Crippen LogP contribution in [0.4, 0.5) is 0 Å². The minimum absolute atomic E-state index is 0.130. The second kappa shape index (κ2) is 4.94. The maximum absolute atomic E-state index is 12.2. The quantitative estimate of drug-likeness (QED) is 0.779. The number of carbonyl (C=O) groups is 1. The van der Waals surface area contributed by atoms with Crippen molar-refractivity contribution in [1.82, 2.24) is 10.3 Å². The Balaban J connectivity index is 1.85. The van der Waals surface area contributed by atoms with Crippen LogP contribution in [0.1, 0.15) is 16.1 Å². The molecule has 0 bridgehead atoms. The van der Waals surface area contributed by atoms with Crippen molar-refractivity contribution in [2.75, 3.05) is 0 Å². The summed E-state index contributed by atoms with van der Waals surface area (Å²) in [4.78, 5) is 16.2. The summed E-state index contributed by atoms with van der Waals surface area (Å²) in [6, 6.07) is 11.1. The van der Waals surface area contributed by atoms with Crippen molar-refractivity contribution < 1.29 is 9.21 Å². The number of carbonyl (C=O) groups excluding carboxylic acids is 1. The first-order chi connectivity index (χ1) is 9.34. The predicted molar refractivity (Wildman–Crippen MR) is 71.6 cm³/mol. The Hall–Kier alpha value is -2.62. The van der Waals surface area contributed by atoms with E-state index in [1.165, 1.54) is 0 Å². The largest absolute Gasteiger partial charge is 0.467 e. The van der Waals surface area contributed by atoms with Crippen LogP contribution in [-0.2, 0) is 6.54 Å². The van der Waals surface area contributed by atoms with Gasteiger partial charge in [-0.15, -0.1) is 0 Å². The summed E-state index contributed by atoms with van der Waals surface area (Å²) in [6.07, 6.45) is 5.01. The monoisotopic (exact) mass is 252 g/mol. The van der Waals surface area contributed by atoms with Gasteiger partial charge in [-0.2, -0.15) is 0 Å². The van der Waals surface area contributed by atoms with Crippen molar-refractivity contribution in [2.24, 2.45) is 0 Å². The number of benzene rings is 1. The Morgan fingerprint density at radius 1 is 1.21 bits per heavy atom. The van der Waals surface area contributed by atoms with Gasteiger partial charge in [0.2, 0.25) is 0 Å². The van der Waals surface area contributed by atoms with Gasteiger partial charge in [0, 0.05) is 23.3 Å². The van der Waals surface area contributed by atoms with Crippen LogP contribution in [-0.4, -0.2) is 10.9 Å². The lowest BCUT2D eigenvalue weighted by atomic mass is 10.1. The molecule has 1 N–H and O–H groups in total. The Morgan fingerprint density at radius 3 is 3.00 bits per heavy atom. The molecule has 0 aliphatic carbocycles. The highest BCUT2D eigenvalue weighted by Crippen LogP contribution is 2.17. The smallest absolute Gasteiger partial charge is 0.252 e. The molecule has 2 heterocycles. The lowest BCUT2D eigenvalue weighted by molar-refractivity contribution is 0.0949. The summed E-state index contributed by atoms with van der Waals surface area (Å²) >= 11 is 0. The molecule has 4 heteroatoms. The maximum atomic E-state index is 12.2. The topological polar surface area (TPSA) is 55.1 Å². The van der Waals surface area contributed by atoms with E-state index in [-0.39, 0.29) is 5.91 Å². The molecule has 3 rings (SSSR count). The molecule has 4 nitrogen and oxygen atoms in total. The van der Waals surface area contributed by atoms with Gasteiger partial charge in [-0.1, -0.05) is 12.1 Å². The second-order valence-electron chi connectivity index (χ2n) is 4.16. The number of hydrogen-bond donors (Lipinski definition) is 1. The molecule has 0 saturated heterocycles. The van der Waals surface area contributed by atoms with Gasteiger partial charge in [0.1, 0.15) is 5.76 Å². The Kier molecular flexibility index (Phi) is 2.98. The van der Waals surface area contributed by atoms with Crippen molar-refractivity contribution in [3.05, 3.63) is 66.4 Å². The molecule has 94 valence electrons. The number of furan rings is 1. The number of aromatic nitrogens is 1. The molecule has 0 fully saturated rings. The fraction of sp³-hybridized carbons (Fsp3) is 0.0667. The van der Waals surface area contributed by atoms with Crippen LogP contribution in [0, 0.1) is 0 Å². The van der Waals surface area contributed by atoms with Crippen LogP contribution in [0.2, 0.25) is 0 Å². The van der Waals surface area contributed by atoms with E-state index < -0.39 is 0 Å². The summed E-state index contributed by atoms with van der Waals surface area (Å²) in [6.45, 7) is 0.377. The van der Waals surface area contributed by atoms with Crippen molar-refractivity contribution in [3.63, 3.8) is 0 Å². The fourth-order valence-corrected chi connectivity index (χ4v) is 1.99. The van der Waals surface area contributed by atoms with E-state index in [4.69, 9.17) is 4.42 Å². The van der Waals surface area contributed by atoms with E-state index in [0.29, 0.717) is 12.1 Å². The number of fused-ring (bicyclic) bond motifs is 1. The van der Waals surface area contributed by atoms with Crippen LogP contribution in [0.3, 0.4) is 0 Å².